The van der Waals surface area contributed by atoms with Crippen LogP contribution in [0.2, 0.25) is 0 Å². The minimum Gasteiger partial charge on any atom is -0.308 e. The third-order valence-corrected chi connectivity index (χ3v) is 7.65. The molecule has 1 heterocycles. The lowest BCUT2D eigenvalue weighted by molar-refractivity contribution is 0.336. The van der Waals surface area contributed by atoms with Crippen LogP contribution < -0.4 is 4.72 Å². The van der Waals surface area contributed by atoms with Crippen molar-refractivity contribution < 1.29 is 16.8 Å². The van der Waals surface area contributed by atoms with E-state index in [4.69, 9.17) is 0 Å². The van der Waals surface area contributed by atoms with Crippen molar-refractivity contribution in [3.63, 3.8) is 0 Å². The first kappa shape index (κ1) is 20.5. The molecule has 0 aliphatic heterocycles. The molecule has 0 saturated carbocycles. The topological polar surface area (TPSA) is 86.8 Å². The van der Waals surface area contributed by atoms with Crippen LogP contribution in [0.4, 0.5) is 0 Å². The maximum absolute atomic E-state index is 12.2. The standard InChI is InChI=1S/C13H25N3O4S3/c1-5-12-6-7-13(21-12)23(19,20)14-8-9-16(22(4,17)18)11-10-15(2)3/h6-7,14H,5,8-11H2,1-4H3. The molecule has 23 heavy (non-hydrogen) atoms. The number of sulfonamides is 2. The zero-order chi connectivity index (χ0) is 17.7. The fourth-order valence-corrected chi connectivity index (χ4v) is 5.02. The number of likely N-dealkylation sites (N-methyl/N-ethyl adjacent to an activating group) is 1. The molecule has 0 fully saturated rings. The predicted octanol–water partition coefficient (Wildman–Crippen LogP) is 0.412. The molecular weight excluding hydrogens is 358 g/mol. The number of rotatable bonds is 10. The smallest absolute Gasteiger partial charge is 0.250 e. The van der Waals surface area contributed by atoms with Gasteiger partial charge in [0.1, 0.15) is 4.21 Å². The van der Waals surface area contributed by atoms with E-state index >= 15 is 0 Å². The third-order valence-electron chi connectivity index (χ3n) is 3.17. The molecule has 10 heteroatoms. The summed E-state index contributed by atoms with van der Waals surface area (Å²) in [7, 11) is -3.25. The average Bonchev–Trinajstić information content (AvgIpc) is 2.90. The van der Waals surface area contributed by atoms with Crippen LogP contribution in [-0.2, 0) is 26.5 Å². The molecular formula is C13H25N3O4S3. The summed E-state index contributed by atoms with van der Waals surface area (Å²) in [5, 5.41) is 0. The quantitative estimate of drug-likeness (QED) is 0.632. The molecule has 1 aromatic rings. The first-order valence-electron chi connectivity index (χ1n) is 7.24. The van der Waals surface area contributed by atoms with E-state index in [2.05, 4.69) is 4.72 Å². The third kappa shape index (κ3) is 6.86. The first-order chi connectivity index (χ1) is 10.6. The molecule has 0 atom stereocenters. The Morgan fingerprint density at radius 2 is 1.74 bits per heavy atom. The molecule has 0 radical (unpaired) electrons. The van der Waals surface area contributed by atoms with Gasteiger partial charge in [0.25, 0.3) is 0 Å². The molecule has 7 nitrogen and oxygen atoms in total. The highest BCUT2D eigenvalue weighted by molar-refractivity contribution is 7.91. The molecule has 0 amide bonds. The summed E-state index contributed by atoms with van der Waals surface area (Å²) < 4.78 is 51.9. The van der Waals surface area contributed by atoms with Gasteiger partial charge >= 0.3 is 0 Å². The summed E-state index contributed by atoms with van der Waals surface area (Å²) in [5.41, 5.74) is 0. The van der Waals surface area contributed by atoms with Crippen LogP contribution in [0.5, 0.6) is 0 Å². The lowest BCUT2D eigenvalue weighted by atomic mass is 10.4. The Kier molecular flexibility index (Phi) is 7.62. The minimum absolute atomic E-state index is 0.0438. The largest absolute Gasteiger partial charge is 0.308 e. The van der Waals surface area contributed by atoms with E-state index in [1.807, 2.05) is 25.9 Å². The molecule has 0 unspecified atom stereocenters. The van der Waals surface area contributed by atoms with Crippen molar-refractivity contribution in [3.8, 4) is 0 Å². The molecule has 0 saturated heterocycles. The second kappa shape index (κ2) is 8.54. The number of nitrogens with one attached hydrogen (secondary N) is 1. The lowest BCUT2D eigenvalue weighted by Gasteiger charge is -2.21. The van der Waals surface area contributed by atoms with Crippen LogP contribution in [0.1, 0.15) is 11.8 Å². The van der Waals surface area contributed by atoms with E-state index in [9.17, 15) is 16.8 Å². The molecule has 0 aliphatic carbocycles. The van der Waals surface area contributed by atoms with Gasteiger partial charge in [0.2, 0.25) is 20.0 Å². The normalized spacial score (nSPS) is 13.1. The number of thiophene rings is 1. The number of nitrogens with zero attached hydrogens (tertiary/aromatic N) is 2. The maximum Gasteiger partial charge on any atom is 0.250 e. The molecule has 0 spiro atoms. The highest BCUT2D eigenvalue weighted by Crippen LogP contribution is 2.21. The van der Waals surface area contributed by atoms with Crippen molar-refractivity contribution in [1.29, 1.82) is 0 Å². The Balaban J connectivity index is 2.64. The van der Waals surface area contributed by atoms with Crippen LogP contribution in [0.25, 0.3) is 0 Å². The average molecular weight is 384 g/mol. The van der Waals surface area contributed by atoms with Crippen LogP contribution in [0, 0.1) is 0 Å². The van der Waals surface area contributed by atoms with Crippen LogP contribution >= 0.6 is 11.3 Å². The van der Waals surface area contributed by atoms with Gasteiger partial charge in [-0.2, -0.15) is 4.31 Å². The molecule has 1 N–H and O–H groups in total. The molecule has 134 valence electrons. The van der Waals surface area contributed by atoms with Crippen LogP contribution in [0.15, 0.2) is 16.3 Å². The van der Waals surface area contributed by atoms with E-state index in [1.54, 1.807) is 12.1 Å². The van der Waals surface area contributed by atoms with Crippen molar-refractivity contribution in [2.75, 3.05) is 46.5 Å². The summed E-state index contributed by atoms with van der Waals surface area (Å²) in [6.07, 6.45) is 1.91. The van der Waals surface area contributed by atoms with Gasteiger partial charge in [-0.1, -0.05) is 6.92 Å². The Morgan fingerprint density at radius 1 is 1.09 bits per heavy atom. The van der Waals surface area contributed by atoms with E-state index < -0.39 is 20.0 Å². The zero-order valence-electron chi connectivity index (χ0n) is 13.9. The zero-order valence-corrected chi connectivity index (χ0v) is 16.4. The van der Waals surface area contributed by atoms with Gasteiger partial charge in [0, 0.05) is 31.1 Å². The Hall–Kier alpha value is -0.520. The predicted molar refractivity (Wildman–Crippen MR) is 93.9 cm³/mol. The van der Waals surface area contributed by atoms with Crippen molar-refractivity contribution in [3.05, 3.63) is 17.0 Å². The summed E-state index contributed by atoms with van der Waals surface area (Å²) in [4.78, 5) is 2.87. The van der Waals surface area contributed by atoms with Gasteiger partial charge in [0.15, 0.2) is 0 Å². The summed E-state index contributed by atoms with van der Waals surface area (Å²) >= 11 is 1.23. The first-order valence-corrected chi connectivity index (χ1v) is 11.4. The molecule has 0 aromatic carbocycles. The van der Waals surface area contributed by atoms with E-state index in [0.29, 0.717) is 13.1 Å². The Bertz CT molecular complexity index is 696. The maximum atomic E-state index is 12.2. The summed E-state index contributed by atoms with van der Waals surface area (Å²) in [6, 6.07) is 3.37. The highest BCUT2D eigenvalue weighted by Gasteiger charge is 2.20. The van der Waals surface area contributed by atoms with Gasteiger partial charge in [-0.3, -0.25) is 0 Å². The SMILES string of the molecule is CCc1ccc(S(=O)(=O)NCCN(CCN(C)C)S(C)(=O)=O)s1. The summed E-state index contributed by atoms with van der Waals surface area (Å²) in [6.45, 7) is 3.02. The number of aryl methyl sites for hydroxylation is 1. The fourth-order valence-electron chi connectivity index (χ4n) is 1.82. The van der Waals surface area contributed by atoms with Gasteiger partial charge in [-0.25, -0.2) is 21.6 Å². The number of hydrogen-bond acceptors (Lipinski definition) is 6. The molecule has 1 aromatic heterocycles. The monoisotopic (exact) mass is 383 g/mol. The van der Waals surface area contributed by atoms with Gasteiger partial charge < -0.3 is 4.90 Å². The van der Waals surface area contributed by atoms with Gasteiger partial charge in [-0.05, 0) is 32.6 Å². The molecule has 0 bridgehead atoms. The van der Waals surface area contributed by atoms with Crippen LogP contribution in [-0.4, -0.2) is 72.6 Å². The van der Waals surface area contributed by atoms with E-state index in [0.717, 1.165) is 17.6 Å². The number of hydrogen-bond donors (Lipinski definition) is 1. The second-order valence-electron chi connectivity index (χ2n) is 5.44. The van der Waals surface area contributed by atoms with Crippen molar-refractivity contribution in [2.45, 2.75) is 17.6 Å². The summed E-state index contributed by atoms with van der Waals surface area (Å²) in [5.74, 6) is 0. The fraction of sp³-hybridized carbons (Fsp3) is 0.692. The van der Waals surface area contributed by atoms with E-state index in [-0.39, 0.29) is 17.3 Å². The van der Waals surface area contributed by atoms with Gasteiger partial charge in [-0.15, -0.1) is 11.3 Å². The Morgan fingerprint density at radius 3 is 2.22 bits per heavy atom. The van der Waals surface area contributed by atoms with Crippen molar-refractivity contribution >= 4 is 31.4 Å². The van der Waals surface area contributed by atoms with Crippen molar-refractivity contribution in [2.24, 2.45) is 0 Å². The van der Waals surface area contributed by atoms with E-state index in [1.165, 1.54) is 15.6 Å². The van der Waals surface area contributed by atoms with Gasteiger partial charge in [0.05, 0.1) is 6.26 Å². The van der Waals surface area contributed by atoms with Crippen molar-refractivity contribution in [1.82, 2.24) is 13.9 Å². The molecule has 0 aliphatic rings. The van der Waals surface area contributed by atoms with Crippen LogP contribution in [0.3, 0.4) is 0 Å². The minimum atomic E-state index is -3.59. The Labute approximate surface area is 143 Å². The molecule has 1 rings (SSSR count). The second-order valence-corrected chi connectivity index (χ2v) is 10.6. The highest BCUT2D eigenvalue weighted by atomic mass is 32.2. The lowest BCUT2D eigenvalue weighted by Crippen LogP contribution is -2.41.